The lowest BCUT2D eigenvalue weighted by molar-refractivity contribution is 0.310. The molecule has 0 rings (SSSR count). The summed E-state index contributed by atoms with van der Waals surface area (Å²) in [4.78, 5) is 0. The Morgan fingerprint density at radius 1 is 1.06 bits per heavy atom. The summed E-state index contributed by atoms with van der Waals surface area (Å²) in [5, 5.41) is 18.9. The maximum atomic E-state index is 8.77. The number of rotatable bonds is 8. The summed E-state index contributed by atoms with van der Waals surface area (Å²) >= 11 is 0. The zero-order valence-corrected chi connectivity index (χ0v) is 12.7. The van der Waals surface area contributed by atoms with Gasteiger partial charge in [-0.05, 0) is 61.1 Å². The lowest BCUT2D eigenvalue weighted by Gasteiger charge is -2.28. The summed E-state index contributed by atoms with van der Waals surface area (Å²) in [5.74, 6) is 0. The molecule has 3 N–H and O–H groups in total. The maximum Gasteiger partial charge on any atom is 0.0734 e. The van der Waals surface area contributed by atoms with Crippen LogP contribution < -0.4 is 10.6 Å². The van der Waals surface area contributed by atoms with Crippen LogP contribution in [0.1, 0.15) is 48.0 Å². The first-order chi connectivity index (χ1) is 8.13. The molecule has 0 saturated heterocycles. The zero-order chi connectivity index (χ0) is 14.4. The molecule has 0 atom stereocenters. The fraction of sp³-hybridized carbons (Fsp3) is 0.786. The van der Waals surface area contributed by atoms with E-state index in [4.69, 9.17) is 5.21 Å². The first kappa shape index (κ1) is 17.1. The van der Waals surface area contributed by atoms with Gasteiger partial charge in [-0.3, -0.25) is 0 Å². The quantitative estimate of drug-likeness (QED) is 0.205. The van der Waals surface area contributed by atoms with E-state index in [1.807, 2.05) is 27.7 Å². The van der Waals surface area contributed by atoms with Crippen molar-refractivity contribution in [2.45, 2.75) is 59.0 Å². The highest BCUT2D eigenvalue weighted by molar-refractivity contribution is 5.90. The van der Waals surface area contributed by atoms with E-state index >= 15 is 0 Å². The summed E-state index contributed by atoms with van der Waals surface area (Å²) in [6, 6.07) is 0. The van der Waals surface area contributed by atoms with Crippen molar-refractivity contribution in [3.8, 4) is 0 Å². The smallest absolute Gasteiger partial charge is 0.0734 e. The molecule has 106 valence electrons. The van der Waals surface area contributed by atoms with Crippen molar-refractivity contribution in [3.63, 3.8) is 0 Å². The van der Waals surface area contributed by atoms with Crippen LogP contribution in [0.15, 0.2) is 17.3 Å². The van der Waals surface area contributed by atoms with E-state index in [0.717, 1.165) is 25.1 Å². The molecule has 0 spiro atoms. The van der Waals surface area contributed by atoms with Gasteiger partial charge in [-0.1, -0.05) is 17.3 Å². The molecule has 0 fully saturated rings. The highest BCUT2D eigenvalue weighted by Crippen LogP contribution is 2.12. The topological polar surface area (TPSA) is 56.7 Å². The number of oxime groups is 1. The average molecular weight is 255 g/mol. The molecule has 0 heterocycles. The molecule has 4 heteroatoms. The second-order valence-corrected chi connectivity index (χ2v) is 5.92. The van der Waals surface area contributed by atoms with Gasteiger partial charge in [0.1, 0.15) is 0 Å². The molecule has 4 nitrogen and oxygen atoms in total. The summed E-state index contributed by atoms with van der Waals surface area (Å²) < 4.78 is 0. The van der Waals surface area contributed by atoms with Crippen molar-refractivity contribution in [3.05, 3.63) is 12.2 Å². The third kappa shape index (κ3) is 5.65. The van der Waals surface area contributed by atoms with Crippen LogP contribution in [-0.2, 0) is 0 Å². The van der Waals surface area contributed by atoms with Crippen LogP contribution in [0.5, 0.6) is 0 Å². The maximum absolute atomic E-state index is 8.77. The molecule has 0 aromatic heterocycles. The Balaban J connectivity index is 3.92. The highest BCUT2D eigenvalue weighted by Gasteiger charge is 2.21. The standard InChI is InChI=1S/C14H29N3O/c1-11(2)13(4,5)15-9-8-10-16-14(6,7)12(3)17-18/h15-16,18H,1,8-10H2,2-7H3/b17-12+. The first-order valence-corrected chi connectivity index (χ1v) is 6.48. The molecule has 0 unspecified atom stereocenters. The zero-order valence-electron chi connectivity index (χ0n) is 12.7. The van der Waals surface area contributed by atoms with Crippen LogP contribution in [0.4, 0.5) is 0 Å². The second kappa shape index (κ2) is 6.90. The Hall–Kier alpha value is -0.870. The van der Waals surface area contributed by atoms with Gasteiger partial charge in [0.25, 0.3) is 0 Å². The van der Waals surface area contributed by atoms with E-state index in [2.05, 4.69) is 36.2 Å². The minimum Gasteiger partial charge on any atom is -0.411 e. The molecule has 0 aliphatic rings. The van der Waals surface area contributed by atoms with Gasteiger partial charge in [0.2, 0.25) is 0 Å². The van der Waals surface area contributed by atoms with E-state index < -0.39 is 0 Å². The lowest BCUT2D eigenvalue weighted by atomic mass is 9.97. The van der Waals surface area contributed by atoms with Crippen LogP contribution in [0.25, 0.3) is 0 Å². The normalized spacial score (nSPS) is 13.8. The van der Waals surface area contributed by atoms with Crippen LogP contribution in [0.3, 0.4) is 0 Å². The average Bonchev–Trinajstić information content (AvgIpc) is 2.26. The highest BCUT2D eigenvalue weighted by atomic mass is 16.4. The van der Waals surface area contributed by atoms with E-state index in [9.17, 15) is 0 Å². The van der Waals surface area contributed by atoms with Crippen molar-refractivity contribution < 1.29 is 5.21 Å². The summed E-state index contributed by atoms with van der Waals surface area (Å²) in [6.07, 6.45) is 1.01. The van der Waals surface area contributed by atoms with Gasteiger partial charge in [0, 0.05) is 5.54 Å². The van der Waals surface area contributed by atoms with Crippen LogP contribution in [-0.4, -0.2) is 35.1 Å². The van der Waals surface area contributed by atoms with Crippen molar-refractivity contribution in [2.75, 3.05) is 13.1 Å². The largest absolute Gasteiger partial charge is 0.411 e. The van der Waals surface area contributed by atoms with E-state index in [0.29, 0.717) is 5.71 Å². The number of nitrogens with zero attached hydrogens (tertiary/aromatic N) is 1. The minimum atomic E-state index is -0.265. The van der Waals surface area contributed by atoms with Crippen molar-refractivity contribution in [1.82, 2.24) is 10.6 Å². The van der Waals surface area contributed by atoms with E-state index in [1.54, 1.807) is 0 Å². The Kier molecular flexibility index (Phi) is 6.57. The number of nitrogens with one attached hydrogen (secondary N) is 2. The monoisotopic (exact) mass is 255 g/mol. The molecular weight excluding hydrogens is 226 g/mol. The minimum absolute atomic E-state index is 0.0159. The molecule has 18 heavy (non-hydrogen) atoms. The lowest BCUT2D eigenvalue weighted by Crippen LogP contribution is -2.47. The summed E-state index contributed by atoms with van der Waals surface area (Å²) in [6.45, 7) is 17.9. The Morgan fingerprint density at radius 3 is 1.89 bits per heavy atom. The third-order valence-electron chi connectivity index (χ3n) is 3.61. The predicted molar refractivity (Wildman–Crippen MR) is 78.5 cm³/mol. The summed E-state index contributed by atoms with van der Waals surface area (Å²) in [7, 11) is 0. The van der Waals surface area contributed by atoms with Gasteiger partial charge in [-0.15, -0.1) is 0 Å². The molecule has 0 amide bonds. The van der Waals surface area contributed by atoms with Crippen molar-refractivity contribution >= 4 is 5.71 Å². The first-order valence-electron chi connectivity index (χ1n) is 6.48. The SMILES string of the molecule is C=C(C)C(C)(C)NCCCNC(C)(C)/C(C)=N/O. The van der Waals surface area contributed by atoms with Crippen LogP contribution in [0.2, 0.25) is 0 Å². The molecule has 0 aromatic rings. The second-order valence-electron chi connectivity index (χ2n) is 5.92. The van der Waals surface area contributed by atoms with Gasteiger partial charge < -0.3 is 15.8 Å². The third-order valence-corrected chi connectivity index (χ3v) is 3.61. The molecule has 0 radical (unpaired) electrons. The van der Waals surface area contributed by atoms with Crippen molar-refractivity contribution in [2.24, 2.45) is 5.16 Å². The van der Waals surface area contributed by atoms with Gasteiger partial charge in [0.15, 0.2) is 0 Å². The Bertz CT molecular complexity index is 306. The van der Waals surface area contributed by atoms with Gasteiger partial charge in [0.05, 0.1) is 11.3 Å². The molecule has 0 saturated carbocycles. The van der Waals surface area contributed by atoms with E-state index in [1.165, 1.54) is 0 Å². The van der Waals surface area contributed by atoms with Crippen LogP contribution in [0, 0.1) is 0 Å². The Labute approximate surface area is 112 Å². The molecular formula is C14H29N3O. The van der Waals surface area contributed by atoms with Gasteiger partial charge in [-0.2, -0.15) is 0 Å². The predicted octanol–water partition coefficient (Wildman–Crippen LogP) is 2.54. The molecule has 0 aliphatic heterocycles. The van der Waals surface area contributed by atoms with E-state index in [-0.39, 0.29) is 11.1 Å². The summed E-state index contributed by atoms with van der Waals surface area (Å²) in [5.41, 5.74) is 1.55. The number of hydrogen-bond donors (Lipinski definition) is 3. The van der Waals surface area contributed by atoms with Crippen molar-refractivity contribution in [1.29, 1.82) is 0 Å². The number of hydrogen-bond acceptors (Lipinski definition) is 4. The fourth-order valence-electron chi connectivity index (χ4n) is 1.29. The molecule has 0 bridgehead atoms. The van der Waals surface area contributed by atoms with Gasteiger partial charge >= 0.3 is 0 Å². The Morgan fingerprint density at radius 2 is 1.50 bits per heavy atom. The molecule has 0 aliphatic carbocycles. The molecule has 0 aromatic carbocycles. The van der Waals surface area contributed by atoms with Gasteiger partial charge in [-0.25, -0.2) is 0 Å². The fourth-order valence-corrected chi connectivity index (χ4v) is 1.29. The van der Waals surface area contributed by atoms with Crippen LogP contribution >= 0.6 is 0 Å².